The van der Waals surface area contributed by atoms with Gasteiger partial charge in [0.05, 0.1) is 12.2 Å². The molecule has 2 aromatic carbocycles. The Morgan fingerprint density at radius 1 is 1.07 bits per heavy atom. The van der Waals surface area contributed by atoms with E-state index in [1.807, 2.05) is 71.4 Å². The average Bonchev–Trinajstić information content (AvgIpc) is 3.49. The largest absolute Gasteiger partial charge is 0.359 e. The van der Waals surface area contributed by atoms with Gasteiger partial charge in [-0.2, -0.15) is 5.10 Å². The zero-order chi connectivity index (χ0) is 19.3. The third kappa shape index (κ3) is 4.31. The molecule has 1 amide bonds. The van der Waals surface area contributed by atoms with Crippen molar-refractivity contribution in [3.63, 3.8) is 0 Å². The molecule has 5 heteroatoms. The number of hydrogen-bond acceptors (Lipinski definition) is 3. The van der Waals surface area contributed by atoms with Crippen molar-refractivity contribution >= 4 is 11.7 Å². The van der Waals surface area contributed by atoms with Gasteiger partial charge in [-0.15, -0.1) is 0 Å². The molecule has 3 aromatic rings. The number of anilines is 1. The van der Waals surface area contributed by atoms with Gasteiger partial charge in [-0.25, -0.2) is 4.68 Å². The van der Waals surface area contributed by atoms with Crippen molar-refractivity contribution in [3.8, 4) is 0 Å². The maximum Gasteiger partial charge on any atom is 0.251 e. The van der Waals surface area contributed by atoms with E-state index in [1.165, 1.54) is 12.8 Å². The summed E-state index contributed by atoms with van der Waals surface area (Å²) in [6, 6.07) is 22.1. The summed E-state index contributed by atoms with van der Waals surface area (Å²) in [6.45, 7) is 2.12. The highest BCUT2D eigenvalue weighted by Gasteiger charge is 2.30. The monoisotopic (exact) mass is 375 g/mol. The SMILES string of the molecule is CC(C1CC1)n1nccc1NC(=O)COC(c1ccccc1)c1ccccc1. The van der Waals surface area contributed by atoms with Gasteiger partial charge in [-0.1, -0.05) is 60.7 Å². The quantitative estimate of drug-likeness (QED) is 0.626. The van der Waals surface area contributed by atoms with Crippen LogP contribution in [0.3, 0.4) is 0 Å². The van der Waals surface area contributed by atoms with Crippen LogP contribution >= 0.6 is 0 Å². The highest BCUT2D eigenvalue weighted by atomic mass is 16.5. The Hall–Kier alpha value is -2.92. The molecule has 144 valence electrons. The first-order chi connectivity index (χ1) is 13.7. The molecule has 1 aliphatic carbocycles. The highest BCUT2D eigenvalue weighted by Crippen LogP contribution is 2.40. The third-order valence-corrected chi connectivity index (χ3v) is 5.21. The number of carbonyl (C=O) groups is 1. The lowest BCUT2D eigenvalue weighted by atomic mass is 10.0. The molecule has 1 aromatic heterocycles. The second-order valence-corrected chi connectivity index (χ2v) is 7.30. The molecule has 0 spiro atoms. The predicted octanol–water partition coefficient (Wildman–Crippen LogP) is 4.60. The van der Waals surface area contributed by atoms with E-state index >= 15 is 0 Å². The van der Waals surface area contributed by atoms with Gasteiger partial charge in [0.2, 0.25) is 0 Å². The van der Waals surface area contributed by atoms with Gasteiger partial charge in [0.15, 0.2) is 0 Å². The summed E-state index contributed by atoms with van der Waals surface area (Å²) in [5.74, 6) is 1.21. The van der Waals surface area contributed by atoms with Crippen LogP contribution in [-0.4, -0.2) is 22.3 Å². The first kappa shape index (κ1) is 18.4. The lowest BCUT2D eigenvalue weighted by Crippen LogP contribution is -2.23. The van der Waals surface area contributed by atoms with E-state index in [1.54, 1.807) is 6.20 Å². The molecule has 4 rings (SSSR count). The number of aromatic nitrogens is 2. The molecular weight excluding hydrogens is 350 g/mol. The van der Waals surface area contributed by atoms with E-state index in [2.05, 4.69) is 17.3 Å². The molecule has 1 atom stereocenters. The van der Waals surface area contributed by atoms with Crippen LogP contribution in [0.25, 0.3) is 0 Å². The fourth-order valence-corrected chi connectivity index (χ4v) is 3.49. The van der Waals surface area contributed by atoms with E-state index in [0.717, 1.165) is 16.9 Å². The first-order valence-corrected chi connectivity index (χ1v) is 9.77. The van der Waals surface area contributed by atoms with Crippen LogP contribution in [0.15, 0.2) is 72.9 Å². The number of benzene rings is 2. The molecule has 1 N–H and O–H groups in total. The number of nitrogens with zero attached hydrogens (tertiary/aromatic N) is 2. The Labute approximate surface area is 165 Å². The molecular formula is C23H25N3O2. The van der Waals surface area contributed by atoms with Gasteiger partial charge in [0.1, 0.15) is 18.5 Å². The van der Waals surface area contributed by atoms with Gasteiger partial charge >= 0.3 is 0 Å². The van der Waals surface area contributed by atoms with E-state index in [9.17, 15) is 4.79 Å². The van der Waals surface area contributed by atoms with Crippen molar-refractivity contribution in [3.05, 3.63) is 84.1 Å². The fourth-order valence-electron chi connectivity index (χ4n) is 3.49. The van der Waals surface area contributed by atoms with Crippen LogP contribution < -0.4 is 5.32 Å². The summed E-state index contributed by atoms with van der Waals surface area (Å²) in [5.41, 5.74) is 2.04. The van der Waals surface area contributed by atoms with E-state index < -0.39 is 0 Å². The third-order valence-electron chi connectivity index (χ3n) is 5.21. The lowest BCUT2D eigenvalue weighted by molar-refractivity contribution is -0.122. The average molecular weight is 375 g/mol. The van der Waals surface area contributed by atoms with Crippen molar-refractivity contribution in [2.45, 2.75) is 31.9 Å². The van der Waals surface area contributed by atoms with Gasteiger partial charge < -0.3 is 10.1 Å². The van der Waals surface area contributed by atoms with Crippen molar-refractivity contribution in [1.82, 2.24) is 9.78 Å². The predicted molar refractivity (Wildman–Crippen MR) is 109 cm³/mol. The highest BCUT2D eigenvalue weighted by molar-refractivity contribution is 5.90. The Bertz CT molecular complexity index is 864. The topological polar surface area (TPSA) is 56.2 Å². The van der Waals surface area contributed by atoms with Gasteiger partial charge in [0, 0.05) is 6.07 Å². The number of rotatable bonds is 8. The van der Waals surface area contributed by atoms with Crippen LogP contribution in [0.4, 0.5) is 5.82 Å². The second-order valence-electron chi connectivity index (χ2n) is 7.30. The summed E-state index contributed by atoms with van der Waals surface area (Å²) in [4.78, 5) is 12.6. The number of nitrogens with one attached hydrogen (secondary N) is 1. The molecule has 1 fully saturated rings. The number of amides is 1. The summed E-state index contributed by atoms with van der Waals surface area (Å²) >= 11 is 0. The number of ether oxygens (including phenoxy) is 1. The maximum absolute atomic E-state index is 12.6. The molecule has 5 nitrogen and oxygen atoms in total. The Morgan fingerprint density at radius 3 is 2.25 bits per heavy atom. The molecule has 1 aliphatic rings. The molecule has 1 heterocycles. The van der Waals surface area contributed by atoms with Gasteiger partial charge in [0.25, 0.3) is 5.91 Å². The van der Waals surface area contributed by atoms with Crippen LogP contribution in [-0.2, 0) is 9.53 Å². The van der Waals surface area contributed by atoms with Gasteiger partial charge in [-0.3, -0.25) is 4.79 Å². The standard InChI is InChI=1S/C23H25N3O2/c1-17(18-12-13-18)26-21(14-15-24-26)25-22(27)16-28-23(19-8-4-2-5-9-19)20-10-6-3-7-11-20/h2-11,14-15,17-18,23H,12-13,16H2,1H3,(H,25,27). The summed E-state index contributed by atoms with van der Waals surface area (Å²) in [6.07, 6.45) is 3.90. The van der Waals surface area contributed by atoms with E-state index in [0.29, 0.717) is 12.0 Å². The first-order valence-electron chi connectivity index (χ1n) is 9.77. The van der Waals surface area contributed by atoms with Crippen LogP contribution in [0.5, 0.6) is 0 Å². The van der Waals surface area contributed by atoms with Crippen molar-refractivity contribution in [1.29, 1.82) is 0 Å². The van der Waals surface area contributed by atoms with E-state index in [-0.39, 0.29) is 18.6 Å². The van der Waals surface area contributed by atoms with Gasteiger partial charge in [-0.05, 0) is 36.8 Å². The zero-order valence-corrected chi connectivity index (χ0v) is 16.0. The Morgan fingerprint density at radius 2 is 1.68 bits per heavy atom. The number of carbonyl (C=O) groups excluding carboxylic acids is 1. The minimum absolute atomic E-state index is 0.0303. The molecule has 0 aliphatic heterocycles. The minimum Gasteiger partial charge on any atom is -0.359 e. The van der Waals surface area contributed by atoms with Crippen molar-refractivity contribution < 1.29 is 9.53 Å². The Balaban J connectivity index is 1.43. The fraction of sp³-hybridized carbons (Fsp3) is 0.304. The van der Waals surface area contributed by atoms with Crippen LogP contribution in [0, 0.1) is 5.92 Å². The second kappa shape index (κ2) is 8.40. The zero-order valence-electron chi connectivity index (χ0n) is 16.0. The van der Waals surface area contributed by atoms with Crippen molar-refractivity contribution in [2.75, 3.05) is 11.9 Å². The van der Waals surface area contributed by atoms with Crippen LogP contribution in [0.2, 0.25) is 0 Å². The normalized spacial score (nSPS) is 14.8. The number of hydrogen-bond donors (Lipinski definition) is 1. The Kier molecular flexibility index (Phi) is 5.53. The maximum atomic E-state index is 12.6. The minimum atomic E-state index is -0.288. The molecule has 0 saturated heterocycles. The summed E-state index contributed by atoms with van der Waals surface area (Å²) in [7, 11) is 0. The lowest BCUT2D eigenvalue weighted by Gasteiger charge is -2.19. The molecule has 1 unspecified atom stereocenters. The van der Waals surface area contributed by atoms with E-state index in [4.69, 9.17) is 4.74 Å². The van der Waals surface area contributed by atoms with Crippen molar-refractivity contribution in [2.24, 2.45) is 5.92 Å². The molecule has 0 radical (unpaired) electrons. The summed E-state index contributed by atoms with van der Waals surface area (Å²) < 4.78 is 7.95. The summed E-state index contributed by atoms with van der Waals surface area (Å²) in [5, 5.41) is 7.33. The molecule has 28 heavy (non-hydrogen) atoms. The smallest absolute Gasteiger partial charge is 0.251 e. The molecule has 0 bridgehead atoms. The molecule has 1 saturated carbocycles. The van der Waals surface area contributed by atoms with Crippen LogP contribution in [0.1, 0.15) is 43.0 Å².